The lowest BCUT2D eigenvalue weighted by Gasteiger charge is -2.14. The molecule has 0 amide bonds. The smallest absolute Gasteiger partial charge is 0.222 e. The SMILES string of the molecule is Cc1cc(NC(C)CCc2ccco2)nc(N)n1. The normalized spacial score (nSPS) is 12.3. The standard InChI is InChI=1S/C13H18N4O/c1-9(5-6-11-4-3-7-18-11)15-12-8-10(2)16-13(14)17-12/h3-4,7-9H,5-6H2,1-2H3,(H3,14,15,16,17). The van der Waals surface area contributed by atoms with E-state index in [1.807, 2.05) is 25.1 Å². The summed E-state index contributed by atoms with van der Waals surface area (Å²) in [6.07, 6.45) is 3.57. The Kier molecular flexibility index (Phi) is 3.82. The monoisotopic (exact) mass is 246 g/mol. The first-order valence-corrected chi connectivity index (χ1v) is 6.03. The molecule has 0 bridgehead atoms. The summed E-state index contributed by atoms with van der Waals surface area (Å²) in [6.45, 7) is 4.01. The lowest BCUT2D eigenvalue weighted by molar-refractivity contribution is 0.495. The maximum absolute atomic E-state index is 5.61. The maximum atomic E-state index is 5.61. The fourth-order valence-corrected chi connectivity index (χ4v) is 1.80. The molecule has 0 aliphatic heterocycles. The van der Waals surface area contributed by atoms with Crippen molar-refractivity contribution < 1.29 is 4.42 Å². The summed E-state index contributed by atoms with van der Waals surface area (Å²) in [7, 11) is 0. The fraction of sp³-hybridized carbons (Fsp3) is 0.385. The zero-order valence-corrected chi connectivity index (χ0v) is 10.7. The molecule has 5 heteroatoms. The number of anilines is 2. The highest BCUT2D eigenvalue weighted by atomic mass is 16.3. The van der Waals surface area contributed by atoms with Crippen LogP contribution in [0.1, 0.15) is 24.8 Å². The molecule has 0 spiro atoms. The Hall–Kier alpha value is -2.04. The zero-order valence-electron chi connectivity index (χ0n) is 10.7. The molecule has 2 aromatic rings. The van der Waals surface area contributed by atoms with Crippen molar-refractivity contribution in [3.63, 3.8) is 0 Å². The van der Waals surface area contributed by atoms with Crippen molar-refractivity contribution in [1.82, 2.24) is 9.97 Å². The Labute approximate surface area is 106 Å². The van der Waals surface area contributed by atoms with Gasteiger partial charge in [0, 0.05) is 24.2 Å². The minimum atomic E-state index is 0.295. The molecule has 2 aromatic heterocycles. The Morgan fingerprint density at radius 3 is 2.94 bits per heavy atom. The third kappa shape index (κ3) is 3.48. The first kappa shape index (κ1) is 12.4. The summed E-state index contributed by atoms with van der Waals surface area (Å²) in [5, 5.41) is 3.31. The molecule has 0 aromatic carbocycles. The summed E-state index contributed by atoms with van der Waals surface area (Å²) >= 11 is 0. The second kappa shape index (κ2) is 5.53. The summed E-state index contributed by atoms with van der Waals surface area (Å²) in [5.74, 6) is 2.07. The number of aryl methyl sites for hydroxylation is 2. The van der Waals surface area contributed by atoms with Crippen LogP contribution in [0, 0.1) is 6.92 Å². The Bertz CT molecular complexity index is 475. The Balaban J connectivity index is 1.88. The molecule has 0 aliphatic carbocycles. The van der Waals surface area contributed by atoms with Crippen LogP contribution in [0.25, 0.3) is 0 Å². The molecule has 18 heavy (non-hydrogen) atoms. The number of rotatable bonds is 5. The lowest BCUT2D eigenvalue weighted by Crippen LogP contribution is -2.17. The number of nitrogens with one attached hydrogen (secondary N) is 1. The Morgan fingerprint density at radius 2 is 2.28 bits per heavy atom. The van der Waals surface area contributed by atoms with Gasteiger partial charge in [-0.3, -0.25) is 0 Å². The molecular formula is C13H18N4O. The van der Waals surface area contributed by atoms with Crippen molar-refractivity contribution >= 4 is 11.8 Å². The molecular weight excluding hydrogens is 228 g/mol. The molecule has 5 nitrogen and oxygen atoms in total. The van der Waals surface area contributed by atoms with Gasteiger partial charge in [-0.2, -0.15) is 4.98 Å². The van der Waals surface area contributed by atoms with Crippen molar-refractivity contribution in [2.24, 2.45) is 0 Å². The minimum absolute atomic E-state index is 0.295. The number of aromatic nitrogens is 2. The molecule has 96 valence electrons. The van der Waals surface area contributed by atoms with Crippen molar-refractivity contribution in [2.45, 2.75) is 32.7 Å². The van der Waals surface area contributed by atoms with Crippen LogP contribution < -0.4 is 11.1 Å². The predicted molar refractivity (Wildman–Crippen MR) is 71.3 cm³/mol. The molecule has 0 aliphatic rings. The van der Waals surface area contributed by atoms with E-state index >= 15 is 0 Å². The molecule has 3 N–H and O–H groups in total. The fourth-order valence-electron chi connectivity index (χ4n) is 1.80. The molecule has 0 fully saturated rings. The predicted octanol–water partition coefficient (Wildman–Crippen LogP) is 2.39. The van der Waals surface area contributed by atoms with Gasteiger partial charge in [-0.15, -0.1) is 0 Å². The van der Waals surface area contributed by atoms with E-state index in [1.54, 1.807) is 6.26 Å². The van der Waals surface area contributed by atoms with Gasteiger partial charge in [-0.1, -0.05) is 0 Å². The van der Waals surface area contributed by atoms with E-state index in [2.05, 4.69) is 22.2 Å². The summed E-state index contributed by atoms with van der Waals surface area (Å²) in [5.41, 5.74) is 6.47. The third-order valence-electron chi connectivity index (χ3n) is 2.67. The molecule has 0 saturated heterocycles. The maximum Gasteiger partial charge on any atom is 0.222 e. The van der Waals surface area contributed by atoms with Crippen LogP contribution >= 0.6 is 0 Å². The van der Waals surface area contributed by atoms with Gasteiger partial charge < -0.3 is 15.5 Å². The van der Waals surface area contributed by atoms with Crippen LogP contribution in [-0.2, 0) is 6.42 Å². The van der Waals surface area contributed by atoms with Crippen LogP contribution in [-0.4, -0.2) is 16.0 Å². The first-order chi connectivity index (χ1) is 8.63. The van der Waals surface area contributed by atoms with Crippen molar-refractivity contribution in [2.75, 3.05) is 11.1 Å². The van der Waals surface area contributed by atoms with Gasteiger partial charge in [-0.25, -0.2) is 4.98 Å². The highest BCUT2D eigenvalue weighted by molar-refractivity contribution is 5.40. The van der Waals surface area contributed by atoms with Crippen LogP contribution in [0.3, 0.4) is 0 Å². The van der Waals surface area contributed by atoms with Gasteiger partial charge in [-0.05, 0) is 32.4 Å². The van der Waals surface area contributed by atoms with Crippen LogP contribution in [0.5, 0.6) is 0 Å². The Morgan fingerprint density at radius 1 is 1.44 bits per heavy atom. The number of nitrogen functional groups attached to an aromatic ring is 1. The minimum Gasteiger partial charge on any atom is -0.469 e. The van der Waals surface area contributed by atoms with Crippen molar-refractivity contribution in [3.8, 4) is 0 Å². The van der Waals surface area contributed by atoms with Gasteiger partial charge >= 0.3 is 0 Å². The van der Waals surface area contributed by atoms with Gasteiger partial charge in [0.25, 0.3) is 0 Å². The van der Waals surface area contributed by atoms with E-state index in [1.165, 1.54) is 0 Å². The molecule has 1 atom stereocenters. The van der Waals surface area contributed by atoms with E-state index in [4.69, 9.17) is 10.2 Å². The summed E-state index contributed by atoms with van der Waals surface area (Å²) in [6, 6.07) is 6.07. The molecule has 2 rings (SSSR count). The third-order valence-corrected chi connectivity index (χ3v) is 2.67. The number of hydrogen-bond acceptors (Lipinski definition) is 5. The quantitative estimate of drug-likeness (QED) is 0.847. The highest BCUT2D eigenvalue weighted by Gasteiger charge is 2.06. The molecule has 0 saturated carbocycles. The van der Waals surface area contributed by atoms with Crippen molar-refractivity contribution in [3.05, 3.63) is 35.9 Å². The molecule has 0 radical (unpaired) electrons. The van der Waals surface area contributed by atoms with Gasteiger partial charge in [0.2, 0.25) is 5.95 Å². The molecule has 1 unspecified atom stereocenters. The zero-order chi connectivity index (χ0) is 13.0. The van der Waals surface area contributed by atoms with Crippen LogP contribution in [0.15, 0.2) is 28.9 Å². The van der Waals surface area contributed by atoms with Gasteiger partial charge in [0.1, 0.15) is 11.6 Å². The molecule has 2 heterocycles. The first-order valence-electron chi connectivity index (χ1n) is 6.03. The number of hydrogen-bond donors (Lipinski definition) is 2. The second-order valence-electron chi connectivity index (χ2n) is 4.42. The highest BCUT2D eigenvalue weighted by Crippen LogP contribution is 2.12. The second-order valence-corrected chi connectivity index (χ2v) is 4.42. The van der Waals surface area contributed by atoms with Gasteiger partial charge in [0.15, 0.2) is 0 Å². The van der Waals surface area contributed by atoms with E-state index in [-0.39, 0.29) is 0 Å². The van der Waals surface area contributed by atoms with E-state index in [0.717, 1.165) is 30.1 Å². The van der Waals surface area contributed by atoms with E-state index in [0.29, 0.717) is 12.0 Å². The number of nitrogens with two attached hydrogens (primary N) is 1. The average molecular weight is 246 g/mol. The summed E-state index contributed by atoms with van der Waals surface area (Å²) < 4.78 is 5.30. The average Bonchev–Trinajstić information content (AvgIpc) is 2.77. The topological polar surface area (TPSA) is 77.0 Å². The van der Waals surface area contributed by atoms with Gasteiger partial charge in [0.05, 0.1) is 6.26 Å². The number of nitrogens with zero attached hydrogens (tertiary/aromatic N) is 2. The largest absolute Gasteiger partial charge is 0.469 e. The van der Waals surface area contributed by atoms with Crippen molar-refractivity contribution in [1.29, 1.82) is 0 Å². The van der Waals surface area contributed by atoms with E-state index in [9.17, 15) is 0 Å². The van der Waals surface area contributed by atoms with Crippen LogP contribution in [0.4, 0.5) is 11.8 Å². The summed E-state index contributed by atoms with van der Waals surface area (Å²) in [4.78, 5) is 8.19. The van der Waals surface area contributed by atoms with E-state index < -0.39 is 0 Å². The number of furan rings is 1. The van der Waals surface area contributed by atoms with Crippen LogP contribution in [0.2, 0.25) is 0 Å². The lowest BCUT2D eigenvalue weighted by atomic mass is 10.1.